The van der Waals surface area contributed by atoms with Crippen LogP contribution in [-0.2, 0) is 20.2 Å². The Bertz CT molecular complexity index is 573. The Morgan fingerprint density at radius 1 is 0.875 bits per heavy atom. The second-order valence-corrected chi connectivity index (χ2v) is 5.40. The summed E-state index contributed by atoms with van der Waals surface area (Å²) < 4.78 is 63.4. The van der Waals surface area contributed by atoms with Crippen molar-refractivity contribution in [3.8, 4) is 11.5 Å². The van der Waals surface area contributed by atoms with Gasteiger partial charge in [-0.15, -0.1) is 0 Å². The number of hydrogen-bond donors (Lipinski definition) is 2. The zero-order valence-corrected chi connectivity index (χ0v) is 8.95. The van der Waals surface area contributed by atoms with E-state index in [4.69, 9.17) is 10.2 Å². The first-order chi connectivity index (χ1) is 7.03. The van der Waals surface area contributed by atoms with E-state index in [1.165, 1.54) is 0 Å². The fourth-order valence-corrected chi connectivity index (χ4v) is 2.24. The average Bonchev–Trinajstić information content (AvgIpc) is 2.04. The number of phenols is 2. The topological polar surface area (TPSA) is 155 Å². The van der Waals surface area contributed by atoms with E-state index >= 15 is 0 Å². The lowest BCUT2D eigenvalue weighted by atomic mass is 10.3. The Morgan fingerprint density at radius 2 is 1.19 bits per heavy atom. The molecule has 1 rings (SSSR count). The van der Waals surface area contributed by atoms with E-state index in [2.05, 4.69) is 0 Å². The number of phenolic OH excluding ortho intramolecular Hbond substituents is 2. The van der Waals surface area contributed by atoms with Crippen LogP contribution in [0.3, 0.4) is 0 Å². The molecule has 0 heterocycles. The van der Waals surface area contributed by atoms with Crippen LogP contribution in [0.4, 0.5) is 0 Å². The highest BCUT2D eigenvalue weighted by Crippen LogP contribution is 2.33. The smallest absolute Gasteiger partial charge is 0.150 e. The van der Waals surface area contributed by atoms with Gasteiger partial charge < -0.3 is 19.3 Å². The van der Waals surface area contributed by atoms with Crippen LogP contribution in [-0.4, -0.2) is 36.2 Å². The molecule has 0 bridgehead atoms. The van der Waals surface area contributed by atoms with Gasteiger partial charge in [0, 0.05) is 12.1 Å². The van der Waals surface area contributed by atoms with Crippen molar-refractivity contribution in [2.45, 2.75) is 9.79 Å². The second kappa shape index (κ2) is 3.59. The fourth-order valence-electron chi connectivity index (χ4n) is 0.950. The number of benzene rings is 1. The summed E-state index contributed by atoms with van der Waals surface area (Å²) in [5.41, 5.74) is 0. The molecule has 2 N–H and O–H groups in total. The van der Waals surface area contributed by atoms with Crippen molar-refractivity contribution >= 4 is 20.2 Å². The van der Waals surface area contributed by atoms with Crippen molar-refractivity contribution in [2.24, 2.45) is 0 Å². The second-order valence-electron chi connectivity index (χ2n) is 2.70. The van der Waals surface area contributed by atoms with Gasteiger partial charge in [0.15, 0.2) is 5.75 Å². The first kappa shape index (κ1) is 12.7. The van der Waals surface area contributed by atoms with Gasteiger partial charge in [0.05, 0.1) is 0 Å². The zero-order valence-electron chi connectivity index (χ0n) is 7.32. The Hall–Kier alpha value is -1.36. The third kappa shape index (κ3) is 2.41. The molecule has 0 saturated heterocycles. The number of aromatic hydroxyl groups is 2. The maximum atomic E-state index is 10.6. The largest absolute Gasteiger partial charge is 0.744 e. The summed E-state index contributed by atoms with van der Waals surface area (Å²) in [7, 11) is -10.4. The van der Waals surface area contributed by atoms with E-state index in [1.807, 2.05) is 0 Å². The SMILES string of the molecule is O=S(=O)([O-])c1cc(O)cc(S(=O)(=O)[O-])c1O. The molecule has 8 nitrogen and oxygen atoms in total. The van der Waals surface area contributed by atoms with E-state index in [0.717, 1.165) is 0 Å². The van der Waals surface area contributed by atoms with Crippen LogP contribution in [0.5, 0.6) is 11.5 Å². The van der Waals surface area contributed by atoms with Crippen LogP contribution < -0.4 is 0 Å². The van der Waals surface area contributed by atoms with Gasteiger partial charge in [-0.1, -0.05) is 0 Å². The molecule has 16 heavy (non-hydrogen) atoms. The standard InChI is InChI=1S/C6H6O8S2/c7-3-1-4(15(9,10)11)6(8)5(2-3)16(12,13)14/h1-2,7-8H,(H,9,10,11)(H,12,13,14)/p-2. The lowest BCUT2D eigenvalue weighted by molar-refractivity contribution is 0.407. The van der Waals surface area contributed by atoms with Crippen molar-refractivity contribution in [3.05, 3.63) is 12.1 Å². The number of rotatable bonds is 2. The molecule has 1 aromatic rings. The van der Waals surface area contributed by atoms with Gasteiger partial charge >= 0.3 is 0 Å². The predicted molar refractivity (Wildman–Crippen MR) is 45.7 cm³/mol. The van der Waals surface area contributed by atoms with E-state index in [0.29, 0.717) is 12.1 Å². The highest BCUT2D eigenvalue weighted by atomic mass is 32.2. The Morgan fingerprint density at radius 3 is 1.44 bits per heavy atom. The van der Waals surface area contributed by atoms with Crippen LogP contribution in [0.2, 0.25) is 0 Å². The summed E-state index contributed by atoms with van der Waals surface area (Å²) in [6.45, 7) is 0. The minimum atomic E-state index is -5.20. The molecule has 0 aliphatic carbocycles. The summed E-state index contributed by atoms with van der Waals surface area (Å²) >= 11 is 0. The Labute approximate surface area is 90.3 Å². The molecule has 1 aromatic carbocycles. The van der Waals surface area contributed by atoms with Gasteiger partial charge in [0.25, 0.3) is 0 Å². The monoisotopic (exact) mass is 268 g/mol. The summed E-state index contributed by atoms with van der Waals surface area (Å²) in [4.78, 5) is -2.75. The van der Waals surface area contributed by atoms with E-state index < -0.39 is 41.5 Å². The Kier molecular flexibility index (Phi) is 2.85. The molecular weight excluding hydrogens is 264 g/mol. The quantitative estimate of drug-likeness (QED) is 0.506. The normalized spacial score (nSPS) is 12.6. The van der Waals surface area contributed by atoms with Gasteiger partial charge in [0.1, 0.15) is 35.8 Å². The first-order valence-corrected chi connectivity index (χ1v) is 6.33. The average molecular weight is 268 g/mol. The molecule has 0 aromatic heterocycles. The van der Waals surface area contributed by atoms with Crippen LogP contribution in [0, 0.1) is 0 Å². The van der Waals surface area contributed by atoms with E-state index in [-0.39, 0.29) is 0 Å². The molecule has 90 valence electrons. The Balaban J connectivity index is 3.78. The maximum absolute atomic E-state index is 10.6. The summed E-state index contributed by atoms with van der Waals surface area (Å²) in [5, 5.41) is 18.0. The molecule has 0 radical (unpaired) electrons. The molecule has 0 unspecified atom stereocenters. The van der Waals surface area contributed by atoms with Crippen molar-refractivity contribution in [1.82, 2.24) is 0 Å². The summed E-state index contributed by atoms with van der Waals surface area (Å²) in [6.07, 6.45) is 0. The first-order valence-electron chi connectivity index (χ1n) is 3.51. The molecule has 0 aliphatic rings. The minimum Gasteiger partial charge on any atom is -0.744 e. The van der Waals surface area contributed by atoms with Gasteiger partial charge in [-0.2, -0.15) is 0 Å². The molecule has 0 fully saturated rings. The molecule has 0 saturated carbocycles. The van der Waals surface area contributed by atoms with Gasteiger partial charge in [-0.05, 0) is 0 Å². The predicted octanol–water partition coefficient (Wildman–Crippen LogP) is -1.09. The summed E-state index contributed by atoms with van der Waals surface area (Å²) in [6, 6.07) is 0.679. The maximum Gasteiger partial charge on any atom is 0.150 e. The molecule has 10 heteroatoms. The summed E-state index contributed by atoms with van der Waals surface area (Å²) in [5.74, 6) is -2.44. The van der Waals surface area contributed by atoms with Gasteiger partial charge in [0.2, 0.25) is 0 Å². The lowest BCUT2D eigenvalue weighted by Crippen LogP contribution is -2.04. The molecular formula is C6H4O8S2-2. The minimum absolute atomic E-state index is 0.340. The molecule has 0 aliphatic heterocycles. The van der Waals surface area contributed by atoms with E-state index in [1.54, 1.807) is 0 Å². The van der Waals surface area contributed by atoms with Crippen LogP contribution in [0.1, 0.15) is 0 Å². The zero-order chi connectivity index (χ0) is 12.7. The highest BCUT2D eigenvalue weighted by molar-refractivity contribution is 7.86. The van der Waals surface area contributed by atoms with Gasteiger partial charge in [-0.3, -0.25) is 0 Å². The lowest BCUT2D eigenvalue weighted by Gasteiger charge is -2.15. The fraction of sp³-hybridized carbons (Fsp3) is 0. The van der Waals surface area contributed by atoms with Crippen LogP contribution in [0.25, 0.3) is 0 Å². The third-order valence-electron chi connectivity index (χ3n) is 1.56. The van der Waals surface area contributed by atoms with Crippen LogP contribution >= 0.6 is 0 Å². The molecule has 0 atom stereocenters. The number of hydrogen-bond acceptors (Lipinski definition) is 8. The van der Waals surface area contributed by atoms with Crippen molar-refractivity contribution < 1.29 is 36.2 Å². The molecule has 0 spiro atoms. The van der Waals surface area contributed by atoms with Crippen molar-refractivity contribution in [2.75, 3.05) is 0 Å². The van der Waals surface area contributed by atoms with Gasteiger partial charge in [-0.25, -0.2) is 16.8 Å². The van der Waals surface area contributed by atoms with Crippen LogP contribution in [0.15, 0.2) is 21.9 Å². The third-order valence-corrected chi connectivity index (χ3v) is 3.26. The van der Waals surface area contributed by atoms with Crippen molar-refractivity contribution in [3.63, 3.8) is 0 Å². The van der Waals surface area contributed by atoms with E-state index in [9.17, 15) is 25.9 Å². The highest BCUT2D eigenvalue weighted by Gasteiger charge is 2.18. The van der Waals surface area contributed by atoms with Crippen molar-refractivity contribution in [1.29, 1.82) is 0 Å². The molecule has 0 amide bonds.